The van der Waals surface area contributed by atoms with Gasteiger partial charge in [0.25, 0.3) is 0 Å². The molecule has 2 heterocycles. The number of carbonyl (C=O) groups is 2. The Balaban J connectivity index is 1.78. The Morgan fingerprint density at radius 2 is 2.56 bits per heavy atom. The summed E-state index contributed by atoms with van der Waals surface area (Å²) in [7, 11) is 0. The fourth-order valence-electron chi connectivity index (χ4n) is 2.05. The van der Waals surface area contributed by atoms with Crippen LogP contribution in [0.5, 0.6) is 0 Å². The van der Waals surface area contributed by atoms with Crippen molar-refractivity contribution < 1.29 is 9.59 Å². The number of piperidine rings is 1. The van der Waals surface area contributed by atoms with Crippen LogP contribution in [0, 0.1) is 5.92 Å². The molecule has 98 valence electrons. The zero-order valence-corrected chi connectivity index (χ0v) is 10.4. The van der Waals surface area contributed by atoms with Gasteiger partial charge in [0.05, 0.1) is 12.5 Å². The summed E-state index contributed by atoms with van der Waals surface area (Å²) in [5.41, 5.74) is 0. The molecule has 2 N–H and O–H groups in total. The van der Waals surface area contributed by atoms with E-state index in [0.29, 0.717) is 25.9 Å². The summed E-state index contributed by atoms with van der Waals surface area (Å²) in [4.78, 5) is 23.0. The lowest BCUT2D eigenvalue weighted by atomic mass is 9.98. The van der Waals surface area contributed by atoms with E-state index in [2.05, 4.69) is 15.7 Å². The highest BCUT2D eigenvalue weighted by molar-refractivity contribution is 5.83. The third-order valence-corrected chi connectivity index (χ3v) is 3.05. The Kier molecular flexibility index (Phi) is 3.96. The SMILES string of the molecule is C[C@H](Cn1cccn1)NC(=O)[C@H]1CCC(=O)NC1. The first kappa shape index (κ1) is 12.6. The lowest BCUT2D eigenvalue weighted by molar-refractivity contribution is -0.129. The normalized spacial score (nSPS) is 21.2. The van der Waals surface area contributed by atoms with Crippen molar-refractivity contribution in [1.82, 2.24) is 20.4 Å². The number of nitrogens with zero attached hydrogens (tertiary/aromatic N) is 2. The third kappa shape index (κ3) is 3.32. The molecule has 0 aliphatic carbocycles. The van der Waals surface area contributed by atoms with Gasteiger partial charge in [-0.25, -0.2) is 0 Å². The molecule has 1 saturated heterocycles. The second-order valence-corrected chi connectivity index (χ2v) is 4.68. The van der Waals surface area contributed by atoms with E-state index in [4.69, 9.17) is 0 Å². The van der Waals surface area contributed by atoms with Crippen LogP contribution in [0.1, 0.15) is 19.8 Å². The minimum atomic E-state index is -0.109. The molecule has 1 aliphatic rings. The maximum atomic E-state index is 12.0. The first-order chi connectivity index (χ1) is 8.65. The molecule has 0 spiro atoms. The van der Waals surface area contributed by atoms with Gasteiger partial charge in [0.2, 0.25) is 11.8 Å². The zero-order valence-electron chi connectivity index (χ0n) is 10.4. The van der Waals surface area contributed by atoms with Crippen LogP contribution >= 0.6 is 0 Å². The van der Waals surface area contributed by atoms with E-state index in [0.717, 1.165) is 0 Å². The minimum absolute atomic E-state index is 0.00894. The van der Waals surface area contributed by atoms with Crippen molar-refractivity contribution in [3.63, 3.8) is 0 Å². The van der Waals surface area contributed by atoms with Crippen LogP contribution in [0.2, 0.25) is 0 Å². The lowest BCUT2D eigenvalue weighted by Gasteiger charge is -2.23. The van der Waals surface area contributed by atoms with Crippen LogP contribution in [0.3, 0.4) is 0 Å². The second-order valence-electron chi connectivity index (χ2n) is 4.68. The van der Waals surface area contributed by atoms with Crippen LogP contribution in [-0.4, -0.2) is 34.2 Å². The molecule has 6 nitrogen and oxygen atoms in total. The molecule has 2 atom stereocenters. The second kappa shape index (κ2) is 5.66. The molecule has 2 rings (SSSR count). The molecule has 0 aromatic carbocycles. The number of amides is 2. The summed E-state index contributed by atoms with van der Waals surface area (Å²) < 4.78 is 1.79. The molecule has 0 radical (unpaired) electrons. The van der Waals surface area contributed by atoms with Crippen molar-refractivity contribution in [2.45, 2.75) is 32.4 Å². The summed E-state index contributed by atoms with van der Waals surface area (Å²) in [6.45, 7) is 3.04. The van der Waals surface area contributed by atoms with Gasteiger partial charge in [-0.1, -0.05) is 0 Å². The molecular weight excluding hydrogens is 232 g/mol. The Morgan fingerprint density at radius 1 is 1.72 bits per heavy atom. The molecular formula is C12H18N4O2. The first-order valence-corrected chi connectivity index (χ1v) is 6.19. The van der Waals surface area contributed by atoms with Crippen molar-refractivity contribution in [3.8, 4) is 0 Å². The van der Waals surface area contributed by atoms with Crippen molar-refractivity contribution in [2.75, 3.05) is 6.54 Å². The molecule has 2 amide bonds. The van der Waals surface area contributed by atoms with Crippen LogP contribution < -0.4 is 10.6 Å². The highest BCUT2D eigenvalue weighted by atomic mass is 16.2. The standard InChI is InChI=1S/C12H18N4O2/c1-9(8-16-6-2-5-14-16)15-12(18)10-3-4-11(17)13-7-10/h2,5-6,9-10H,3-4,7-8H2,1H3,(H,13,17)(H,15,18)/t9-,10+/m1/s1. The number of nitrogens with one attached hydrogen (secondary N) is 2. The third-order valence-electron chi connectivity index (χ3n) is 3.05. The van der Waals surface area contributed by atoms with Crippen molar-refractivity contribution in [2.24, 2.45) is 5.92 Å². The molecule has 1 aromatic rings. The van der Waals surface area contributed by atoms with E-state index in [1.54, 1.807) is 10.9 Å². The first-order valence-electron chi connectivity index (χ1n) is 6.19. The number of hydrogen-bond acceptors (Lipinski definition) is 3. The van der Waals surface area contributed by atoms with Gasteiger partial charge < -0.3 is 10.6 Å². The monoisotopic (exact) mass is 250 g/mol. The smallest absolute Gasteiger partial charge is 0.225 e. The van der Waals surface area contributed by atoms with E-state index in [1.165, 1.54) is 0 Å². The number of carbonyl (C=O) groups excluding carboxylic acids is 2. The zero-order chi connectivity index (χ0) is 13.0. The fraction of sp³-hybridized carbons (Fsp3) is 0.583. The van der Waals surface area contributed by atoms with Gasteiger partial charge in [-0.05, 0) is 19.4 Å². The van der Waals surface area contributed by atoms with Crippen LogP contribution in [-0.2, 0) is 16.1 Å². The van der Waals surface area contributed by atoms with Gasteiger partial charge in [-0.3, -0.25) is 14.3 Å². The number of rotatable bonds is 4. The fourth-order valence-corrected chi connectivity index (χ4v) is 2.05. The predicted octanol–water partition coefficient (Wildman–Crippen LogP) is -0.0860. The topological polar surface area (TPSA) is 76.0 Å². The maximum Gasteiger partial charge on any atom is 0.225 e. The predicted molar refractivity (Wildman–Crippen MR) is 65.6 cm³/mol. The maximum absolute atomic E-state index is 12.0. The number of aromatic nitrogens is 2. The average molecular weight is 250 g/mol. The van der Waals surface area contributed by atoms with Crippen molar-refractivity contribution in [1.29, 1.82) is 0 Å². The van der Waals surface area contributed by atoms with Gasteiger partial charge in [-0.2, -0.15) is 5.10 Å². The molecule has 18 heavy (non-hydrogen) atoms. The van der Waals surface area contributed by atoms with Crippen LogP contribution in [0.4, 0.5) is 0 Å². The molecule has 1 aliphatic heterocycles. The summed E-state index contributed by atoms with van der Waals surface area (Å²) in [5.74, 6) is -0.0685. The number of hydrogen-bond donors (Lipinski definition) is 2. The van der Waals surface area contributed by atoms with Gasteiger partial charge in [0.15, 0.2) is 0 Å². The Morgan fingerprint density at radius 3 is 3.17 bits per heavy atom. The van der Waals surface area contributed by atoms with Gasteiger partial charge >= 0.3 is 0 Å². The molecule has 0 saturated carbocycles. The summed E-state index contributed by atoms with van der Waals surface area (Å²) >= 11 is 0. The Labute approximate surface area is 106 Å². The lowest BCUT2D eigenvalue weighted by Crippen LogP contribution is -2.46. The minimum Gasteiger partial charge on any atom is -0.355 e. The summed E-state index contributed by atoms with van der Waals surface area (Å²) in [6.07, 6.45) is 4.65. The highest BCUT2D eigenvalue weighted by Crippen LogP contribution is 2.11. The van der Waals surface area contributed by atoms with E-state index < -0.39 is 0 Å². The average Bonchev–Trinajstić information content (AvgIpc) is 2.82. The molecule has 0 unspecified atom stereocenters. The van der Waals surface area contributed by atoms with Crippen molar-refractivity contribution in [3.05, 3.63) is 18.5 Å². The molecule has 6 heteroatoms. The van der Waals surface area contributed by atoms with Crippen molar-refractivity contribution >= 4 is 11.8 Å². The van der Waals surface area contributed by atoms with E-state index in [9.17, 15) is 9.59 Å². The summed E-state index contributed by atoms with van der Waals surface area (Å²) in [5, 5.41) is 9.76. The Hall–Kier alpha value is -1.85. The molecule has 1 fully saturated rings. The van der Waals surface area contributed by atoms with Crippen LogP contribution in [0.25, 0.3) is 0 Å². The van der Waals surface area contributed by atoms with Crippen LogP contribution in [0.15, 0.2) is 18.5 Å². The molecule has 0 bridgehead atoms. The van der Waals surface area contributed by atoms with E-state index in [-0.39, 0.29) is 23.8 Å². The van der Waals surface area contributed by atoms with Gasteiger partial charge in [0, 0.05) is 31.4 Å². The van der Waals surface area contributed by atoms with E-state index in [1.807, 2.05) is 19.2 Å². The quantitative estimate of drug-likeness (QED) is 0.784. The van der Waals surface area contributed by atoms with Gasteiger partial charge in [-0.15, -0.1) is 0 Å². The van der Waals surface area contributed by atoms with E-state index >= 15 is 0 Å². The highest BCUT2D eigenvalue weighted by Gasteiger charge is 2.25. The summed E-state index contributed by atoms with van der Waals surface area (Å²) in [6, 6.07) is 1.88. The Bertz CT molecular complexity index is 406. The van der Waals surface area contributed by atoms with Gasteiger partial charge in [0.1, 0.15) is 0 Å². The molecule has 1 aromatic heterocycles. The largest absolute Gasteiger partial charge is 0.355 e.